The first-order chi connectivity index (χ1) is 12.2. The summed E-state index contributed by atoms with van der Waals surface area (Å²) in [5.41, 5.74) is 0.547. The Balaban J connectivity index is 1.56. The highest BCUT2D eigenvalue weighted by Crippen LogP contribution is 2.38. The quantitative estimate of drug-likeness (QED) is 0.426. The van der Waals surface area contributed by atoms with Crippen LogP contribution in [0.4, 0.5) is 8.78 Å². The van der Waals surface area contributed by atoms with E-state index in [0.29, 0.717) is 23.0 Å². The molecule has 0 radical (unpaired) electrons. The van der Waals surface area contributed by atoms with Gasteiger partial charge in [-0.25, -0.2) is 0 Å². The minimum absolute atomic E-state index is 0.0657. The molecule has 6 nitrogen and oxygen atoms in total. The Morgan fingerprint density at radius 1 is 1.28 bits per heavy atom. The molecule has 1 aromatic carbocycles. The van der Waals surface area contributed by atoms with Gasteiger partial charge in [0.15, 0.2) is 17.5 Å². The van der Waals surface area contributed by atoms with Gasteiger partial charge in [0.05, 0.1) is 0 Å². The predicted octanol–water partition coefficient (Wildman–Crippen LogP) is 2.87. The molecule has 25 heavy (non-hydrogen) atoms. The lowest BCUT2D eigenvalue weighted by atomic mass is 10.1. The van der Waals surface area contributed by atoms with Crippen LogP contribution < -0.4 is 24.8 Å². The number of fused-ring (bicyclic) bond motifs is 1. The number of benzene rings is 1. The third kappa shape index (κ3) is 5.11. The first kappa shape index (κ1) is 17.6. The van der Waals surface area contributed by atoms with Gasteiger partial charge in [-0.15, -0.1) is 0 Å². The fourth-order valence-electron chi connectivity index (χ4n) is 2.71. The number of guanidine groups is 1. The summed E-state index contributed by atoms with van der Waals surface area (Å²) in [5, 5.41) is 6.34. The van der Waals surface area contributed by atoms with Crippen LogP contribution >= 0.6 is 0 Å². The minimum atomic E-state index is -2.90. The van der Waals surface area contributed by atoms with Gasteiger partial charge in [0.25, 0.3) is 0 Å². The summed E-state index contributed by atoms with van der Waals surface area (Å²) in [4.78, 5) is 4.15. The third-order valence-electron chi connectivity index (χ3n) is 4.22. The first-order valence-electron chi connectivity index (χ1n) is 8.47. The lowest BCUT2D eigenvalue weighted by Gasteiger charge is -2.15. The lowest BCUT2D eigenvalue weighted by Crippen LogP contribution is -2.37. The second-order valence-corrected chi connectivity index (χ2v) is 6.13. The molecule has 0 unspecified atom stereocenters. The van der Waals surface area contributed by atoms with E-state index in [4.69, 9.17) is 9.47 Å². The van der Waals surface area contributed by atoms with Crippen molar-refractivity contribution in [2.75, 3.05) is 20.4 Å². The summed E-state index contributed by atoms with van der Waals surface area (Å²) in [6.45, 7) is -1.72. The summed E-state index contributed by atoms with van der Waals surface area (Å²) in [6.07, 6.45) is 5.03. The Morgan fingerprint density at radius 3 is 2.72 bits per heavy atom. The van der Waals surface area contributed by atoms with Crippen LogP contribution in [0.5, 0.6) is 17.2 Å². The topological polar surface area (TPSA) is 64.1 Å². The Bertz CT molecular complexity index is 621. The molecule has 0 saturated heterocycles. The Morgan fingerprint density at radius 2 is 2.04 bits per heavy atom. The van der Waals surface area contributed by atoms with Crippen molar-refractivity contribution in [1.82, 2.24) is 10.6 Å². The molecule has 1 aliphatic carbocycles. The van der Waals surface area contributed by atoms with Gasteiger partial charge in [0, 0.05) is 31.8 Å². The lowest BCUT2D eigenvalue weighted by molar-refractivity contribution is -0.0505. The molecular weight excluding hydrogens is 332 g/mol. The van der Waals surface area contributed by atoms with Crippen molar-refractivity contribution in [3.05, 3.63) is 17.7 Å². The Labute approximate surface area is 145 Å². The van der Waals surface area contributed by atoms with Crippen LogP contribution in [0.2, 0.25) is 0 Å². The molecule has 0 atom stereocenters. The average Bonchev–Trinajstić information content (AvgIpc) is 3.30. The van der Waals surface area contributed by atoms with Gasteiger partial charge in [-0.1, -0.05) is 12.8 Å². The zero-order valence-electron chi connectivity index (χ0n) is 14.2. The van der Waals surface area contributed by atoms with E-state index >= 15 is 0 Å². The van der Waals surface area contributed by atoms with E-state index in [1.54, 1.807) is 13.1 Å². The number of rotatable bonds is 8. The number of nitrogens with zero attached hydrogens (tertiary/aromatic N) is 1. The van der Waals surface area contributed by atoms with Crippen LogP contribution in [0.15, 0.2) is 17.1 Å². The van der Waals surface area contributed by atoms with E-state index in [1.165, 1.54) is 25.3 Å². The van der Waals surface area contributed by atoms with Crippen molar-refractivity contribution >= 4 is 5.96 Å². The minimum Gasteiger partial charge on any atom is -0.454 e. The zero-order chi connectivity index (χ0) is 17.6. The van der Waals surface area contributed by atoms with E-state index in [9.17, 15) is 8.78 Å². The van der Waals surface area contributed by atoms with E-state index < -0.39 is 6.61 Å². The molecule has 0 bridgehead atoms. The van der Waals surface area contributed by atoms with Crippen LogP contribution in [0, 0.1) is 5.92 Å². The number of halogens is 2. The molecule has 1 heterocycles. The van der Waals surface area contributed by atoms with Gasteiger partial charge >= 0.3 is 6.61 Å². The Hall–Kier alpha value is -2.25. The molecule has 1 aromatic rings. The molecule has 0 amide bonds. The van der Waals surface area contributed by atoms with Crippen molar-refractivity contribution < 1.29 is 23.0 Å². The normalized spacial score (nSPS) is 16.2. The maximum Gasteiger partial charge on any atom is 0.387 e. The van der Waals surface area contributed by atoms with Gasteiger partial charge < -0.3 is 24.8 Å². The molecule has 1 aliphatic heterocycles. The van der Waals surface area contributed by atoms with Gasteiger partial charge in [-0.3, -0.25) is 4.99 Å². The van der Waals surface area contributed by atoms with E-state index in [0.717, 1.165) is 18.9 Å². The van der Waals surface area contributed by atoms with Crippen molar-refractivity contribution in [2.45, 2.75) is 38.8 Å². The summed E-state index contributed by atoms with van der Waals surface area (Å²) in [7, 11) is 1.67. The highest BCUT2D eigenvalue weighted by molar-refractivity contribution is 5.79. The second-order valence-electron chi connectivity index (χ2n) is 6.13. The van der Waals surface area contributed by atoms with Crippen molar-refractivity contribution in [3.63, 3.8) is 0 Å². The third-order valence-corrected chi connectivity index (χ3v) is 4.22. The molecule has 0 spiro atoms. The number of alkyl halides is 2. The van der Waals surface area contributed by atoms with Crippen molar-refractivity contribution in [1.29, 1.82) is 0 Å². The number of hydrogen-bond acceptors (Lipinski definition) is 4. The van der Waals surface area contributed by atoms with E-state index in [1.807, 2.05) is 0 Å². The predicted molar refractivity (Wildman–Crippen MR) is 89.4 cm³/mol. The van der Waals surface area contributed by atoms with Crippen LogP contribution in [0.1, 0.15) is 31.2 Å². The highest BCUT2D eigenvalue weighted by atomic mass is 19.3. The summed E-state index contributed by atoms with van der Waals surface area (Å²) < 4.78 is 40.4. The van der Waals surface area contributed by atoms with Crippen LogP contribution in [-0.4, -0.2) is 33.0 Å². The van der Waals surface area contributed by atoms with Crippen molar-refractivity contribution in [2.24, 2.45) is 10.9 Å². The van der Waals surface area contributed by atoms with Crippen LogP contribution in [-0.2, 0) is 6.54 Å². The molecule has 1 saturated carbocycles. The molecular formula is C17H23F2N3O3. The molecule has 3 rings (SSSR count). The molecule has 138 valence electrons. The highest BCUT2D eigenvalue weighted by Gasteiger charge is 2.21. The number of aliphatic imine (C=N–C) groups is 1. The summed E-state index contributed by atoms with van der Waals surface area (Å²) in [5.74, 6) is 2.51. The smallest absolute Gasteiger partial charge is 0.387 e. The average molecular weight is 355 g/mol. The molecule has 2 aliphatic rings. The molecule has 0 aromatic heterocycles. The van der Waals surface area contributed by atoms with Gasteiger partial charge in [0.1, 0.15) is 5.75 Å². The number of ether oxygens (including phenoxy) is 3. The largest absolute Gasteiger partial charge is 0.454 e. The van der Waals surface area contributed by atoms with E-state index in [2.05, 4.69) is 20.4 Å². The fourth-order valence-corrected chi connectivity index (χ4v) is 2.71. The summed E-state index contributed by atoms with van der Waals surface area (Å²) >= 11 is 0. The maximum absolute atomic E-state index is 12.6. The zero-order valence-corrected chi connectivity index (χ0v) is 14.2. The van der Waals surface area contributed by atoms with Gasteiger partial charge in [-0.05, 0) is 24.8 Å². The molecule has 1 fully saturated rings. The maximum atomic E-state index is 12.6. The monoisotopic (exact) mass is 355 g/mol. The van der Waals surface area contributed by atoms with Crippen LogP contribution in [0.25, 0.3) is 0 Å². The number of hydrogen-bond donors (Lipinski definition) is 2. The number of nitrogens with one attached hydrogen (secondary N) is 2. The van der Waals surface area contributed by atoms with Gasteiger partial charge in [-0.2, -0.15) is 8.78 Å². The SMILES string of the molecule is CN=C(NCCCC1CC1)NCc1cc2c(cc1OC(F)F)OCO2. The molecule has 8 heteroatoms. The van der Waals surface area contributed by atoms with Crippen LogP contribution in [0.3, 0.4) is 0 Å². The first-order valence-corrected chi connectivity index (χ1v) is 8.47. The van der Waals surface area contributed by atoms with Crippen molar-refractivity contribution in [3.8, 4) is 17.2 Å². The summed E-state index contributed by atoms with van der Waals surface area (Å²) in [6, 6.07) is 3.07. The Kier molecular flexibility index (Phi) is 5.78. The molecule has 2 N–H and O–H groups in total. The standard InChI is InChI=1S/C17H23F2N3O3/c1-20-17(21-6-2-3-11-4-5-11)22-9-12-7-14-15(24-10-23-14)8-13(12)25-16(18)19/h7-8,11,16H,2-6,9-10H2,1H3,(H2,20,21,22). The van der Waals surface area contributed by atoms with Gasteiger partial charge in [0.2, 0.25) is 6.79 Å². The fraction of sp³-hybridized carbons (Fsp3) is 0.588. The van der Waals surface area contributed by atoms with E-state index in [-0.39, 0.29) is 19.1 Å². The second kappa shape index (κ2) is 8.22.